The zero-order chi connectivity index (χ0) is 23.0. The number of fused-ring (bicyclic) bond motifs is 1. The third-order valence-corrected chi connectivity index (χ3v) is 4.70. The van der Waals surface area contributed by atoms with Gasteiger partial charge in [-0.25, -0.2) is 9.97 Å². The van der Waals surface area contributed by atoms with Crippen molar-refractivity contribution in [3.8, 4) is 0 Å². The van der Waals surface area contributed by atoms with Crippen LogP contribution in [0.25, 0.3) is 10.9 Å². The molecule has 1 amide bonds. The number of rotatable bonds is 11. The standard InChI is InChI=1S/C21H30F3N5O2/c1-4-5-19(30)18(10-25-8-13(2)3)29-20(31)11-27-16-6-14(21(22,23)24)7-17-15(16)9-26-12-28-17/h6-7,9,12-13,18-19,25,27,30H,4-5,8,10-11H2,1-3H3,(H,29,31)/t18-,19-/m0/s1. The topological polar surface area (TPSA) is 99.2 Å². The van der Waals surface area contributed by atoms with Crippen molar-refractivity contribution in [2.45, 2.75) is 51.9 Å². The summed E-state index contributed by atoms with van der Waals surface area (Å²) >= 11 is 0. The van der Waals surface area contributed by atoms with Crippen molar-refractivity contribution in [1.82, 2.24) is 20.6 Å². The molecule has 1 aromatic heterocycles. The van der Waals surface area contributed by atoms with Crippen LogP contribution in [-0.4, -0.2) is 52.8 Å². The molecule has 7 nitrogen and oxygen atoms in total. The summed E-state index contributed by atoms with van der Waals surface area (Å²) in [6.07, 6.45) is -1.43. The summed E-state index contributed by atoms with van der Waals surface area (Å²) in [6, 6.07) is 1.38. The Balaban J connectivity index is 2.10. The summed E-state index contributed by atoms with van der Waals surface area (Å²) in [5.74, 6) is -0.0216. The van der Waals surface area contributed by atoms with E-state index in [0.29, 0.717) is 24.3 Å². The second kappa shape index (κ2) is 11.2. The lowest BCUT2D eigenvalue weighted by atomic mass is 10.1. The molecule has 1 aromatic carbocycles. The Kier molecular flexibility index (Phi) is 9.00. The van der Waals surface area contributed by atoms with Crippen molar-refractivity contribution in [2.75, 3.05) is 25.0 Å². The molecule has 0 unspecified atom stereocenters. The number of carbonyl (C=O) groups is 1. The molecular formula is C21H30F3N5O2. The van der Waals surface area contributed by atoms with Crippen molar-refractivity contribution in [3.05, 3.63) is 30.2 Å². The molecule has 2 atom stereocenters. The number of benzene rings is 1. The number of nitrogens with zero attached hydrogens (tertiary/aromatic N) is 2. The summed E-state index contributed by atoms with van der Waals surface area (Å²) < 4.78 is 39.7. The van der Waals surface area contributed by atoms with Crippen molar-refractivity contribution in [3.63, 3.8) is 0 Å². The van der Waals surface area contributed by atoms with E-state index in [1.54, 1.807) is 0 Å². The van der Waals surface area contributed by atoms with Gasteiger partial charge in [0.1, 0.15) is 6.33 Å². The number of aliphatic hydroxyl groups is 1. The molecule has 0 fully saturated rings. The van der Waals surface area contributed by atoms with Crippen LogP contribution in [0.1, 0.15) is 39.2 Å². The lowest BCUT2D eigenvalue weighted by molar-refractivity contribution is -0.137. The normalized spacial score (nSPS) is 13.9. The molecule has 172 valence electrons. The van der Waals surface area contributed by atoms with Gasteiger partial charge < -0.3 is 21.1 Å². The zero-order valence-electron chi connectivity index (χ0n) is 18.0. The summed E-state index contributed by atoms with van der Waals surface area (Å²) in [7, 11) is 0. The minimum atomic E-state index is -4.55. The summed E-state index contributed by atoms with van der Waals surface area (Å²) in [5, 5.41) is 19.5. The molecule has 0 bridgehead atoms. The van der Waals surface area contributed by atoms with Crippen molar-refractivity contribution in [2.24, 2.45) is 5.92 Å². The van der Waals surface area contributed by atoms with Gasteiger partial charge in [-0.05, 0) is 31.0 Å². The molecule has 1 heterocycles. The van der Waals surface area contributed by atoms with Crippen LogP contribution in [0.4, 0.5) is 18.9 Å². The van der Waals surface area contributed by atoms with E-state index in [-0.39, 0.29) is 17.7 Å². The SMILES string of the molecule is CCC[C@H](O)[C@H](CNCC(C)C)NC(=O)CNc1cc(C(F)(F)F)cc2ncncc12. The number of anilines is 1. The van der Waals surface area contributed by atoms with Gasteiger partial charge in [-0.3, -0.25) is 4.79 Å². The molecule has 0 radical (unpaired) electrons. The maximum atomic E-state index is 13.2. The molecule has 0 saturated heterocycles. The van der Waals surface area contributed by atoms with Crippen molar-refractivity contribution < 1.29 is 23.1 Å². The maximum absolute atomic E-state index is 13.2. The Morgan fingerprint density at radius 1 is 1.23 bits per heavy atom. The first-order valence-corrected chi connectivity index (χ1v) is 10.3. The van der Waals surface area contributed by atoms with Crippen molar-refractivity contribution in [1.29, 1.82) is 0 Å². The Morgan fingerprint density at radius 3 is 2.61 bits per heavy atom. The number of aliphatic hydroxyl groups excluding tert-OH is 1. The van der Waals surface area contributed by atoms with Gasteiger partial charge in [-0.15, -0.1) is 0 Å². The van der Waals surface area contributed by atoms with Crippen LogP contribution in [0.3, 0.4) is 0 Å². The fourth-order valence-electron chi connectivity index (χ4n) is 3.13. The number of halogens is 3. The largest absolute Gasteiger partial charge is 0.416 e. The highest BCUT2D eigenvalue weighted by molar-refractivity contribution is 5.93. The number of amides is 1. The summed E-state index contributed by atoms with van der Waals surface area (Å²) in [6.45, 7) is 6.91. The molecule has 10 heteroatoms. The fraction of sp³-hybridized carbons (Fsp3) is 0.571. The van der Waals surface area contributed by atoms with Crippen LogP contribution in [0.15, 0.2) is 24.7 Å². The Labute approximate surface area is 179 Å². The van der Waals surface area contributed by atoms with Crippen LogP contribution in [-0.2, 0) is 11.0 Å². The van der Waals surface area contributed by atoms with Gasteiger partial charge in [0.05, 0.1) is 29.8 Å². The van der Waals surface area contributed by atoms with Gasteiger partial charge in [0, 0.05) is 23.8 Å². The Hall–Kier alpha value is -2.46. The van der Waals surface area contributed by atoms with E-state index in [1.807, 2.05) is 6.92 Å². The molecule has 0 aliphatic rings. The van der Waals surface area contributed by atoms with Crippen LogP contribution >= 0.6 is 0 Å². The molecule has 31 heavy (non-hydrogen) atoms. The molecule has 4 N–H and O–H groups in total. The number of alkyl halides is 3. The van der Waals surface area contributed by atoms with Gasteiger partial charge >= 0.3 is 6.18 Å². The lowest BCUT2D eigenvalue weighted by Crippen LogP contribution is -2.51. The van der Waals surface area contributed by atoms with Gasteiger partial charge in [-0.1, -0.05) is 27.2 Å². The average molecular weight is 441 g/mol. The number of carbonyl (C=O) groups excluding carboxylic acids is 1. The quantitative estimate of drug-likeness (QED) is 0.428. The Bertz CT molecular complexity index is 861. The predicted molar refractivity (Wildman–Crippen MR) is 114 cm³/mol. The number of hydrogen-bond donors (Lipinski definition) is 4. The summed E-state index contributed by atoms with van der Waals surface area (Å²) in [4.78, 5) is 20.2. The minimum absolute atomic E-state index is 0.115. The van der Waals surface area contributed by atoms with E-state index in [0.717, 1.165) is 25.1 Å². The number of aromatic nitrogens is 2. The zero-order valence-corrected chi connectivity index (χ0v) is 18.0. The van der Waals surface area contributed by atoms with Crippen LogP contribution in [0.2, 0.25) is 0 Å². The van der Waals surface area contributed by atoms with E-state index in [9.17, 15) is 23.1 Å². The molecule has 2 rings (SSSR count). The smallest absolute Gasteiger partial charge is 0.391 e. The third-order valence-electron chi connectivity index (χ3n) is 4.70. The first kappa shape index (κ1) is 24.8. The monoisotopic (exact) mass is 441 g/mol. The maximum Gasteiger partial charge on any atom is 0.416 e. The summed E-state index contributed by atoms with van der Waals surface area (Å²) in [5.41, 5.74) is -0.623. The van der Waals surface area contributed by atoms with Gasteiger partial charge in [0.25, 0.3) is 0 Å². The van der Waals surface area contributed by atoms with Gasteiger partial charge in [0.2, 0.25) is 5.91 Å². The minimum Gasteiger partial charge on any atom is -0.391 e. The Morgan fingerprint density at radius 2 is 1.97 bits per heavy atom. The van der Waals surface area contributed by atoms with E-state index >= 15 is 0 Å². The first-order valence-electron chi connectivity index (χ1n) is 10.3. The van der Waals surface area contributed by atoms with Crippen molar-refractivity contribution >= 4 is 22.5 Å². The molecule has 0 spiro atoms. The van der Waals surface area contributed by atoms with Gasteiger partial charge in [0.15, 0.2) is 0 Å². The molecule has 2 aromatic rings. The first-order chi connectivity index (χ1) is 14.6. The van der Waals surface area contributed by atoms with E-state index < -0.39 is 29.8 Å². The van der Waals surface area contributed by atoms with Crippen LogP contribution in [0, 0.1) is 5.92 Å². The highest BCUT2D eigenvalue weighted by atomic mass is 19.4. The van der Waals surface area contributed by atoms with E-state index in [2.05, 4.69) is 39.8 Å². The number of hydrogen-bond acceptors (Lipinski definition) is 6. The fourth-order valence-corrected chi connectivity index (χ4v) is 3.13. The predicted octanol–water partition coefficient (Wildman–Crippen LogP) is 2.95. The molecule has 0 aliphatic carbocycles. The van der Waals surface area contributed by atoms with Gasteiger partial charge in [-0.2, -0.15) is 13.2 Å². The van der Waals surface area contributed by atoms with E-state index in [4.69, 9.17) is 0 Å². The van der Waals surface area contributed by atoms with Crippen LogP contribution in [0.5, 0.6) is 0 Å². The van der Waals surface area contributed by atoms with E-state index in [1.165, 1.54) is 12.5 Å². The molecule has 0 aliphatic heterocycles. The molecule has 0 saturated carbocycles. The highest BCUT2D eigenvalue weighted by Crippen LogP contribution is 2.34. The lowest BCUT2D eigenvalue weighted by Gasteiger charge is -2.25. The second-order valence-corrected chi connectivity index (χ2v) is 7.91. The highest BCUT2D eigenvalue weighted by Gasteiger charge is 2.31. The number of nitrogens with one attached hydrogen (secondary N) is 3. The second-order valence-electron chi connectivity index (χ2n) is 7.91. The molecular weight excluding hydrogens is 411 g/mol. The van der Waals surface area contributed by atoms with Crippen LogP contribution < -0.4 is 16.0 Å². The average Bonchev–Trinajstić information content (AvgIpc) is 2.70. The third kappa shape index (κ3) is 7.62.